The number of carbonyl (C=O) groups excluding carboxylic acids is 1. The fraction of sp³-hybridized carbons (Fsp3) is 0.158. The van der Waals surface area contributed by atoms with Gasteiger partial charge in [0.05, 0.1) is 15.0 Å². The van der Waals surface area contributed by atoms with Crippen LogP contribution in [0.15, 0.2) is 39.7 Å². The predicted molar refractivity (Wildman–Crippen MR) is 117 cm³/mol. The predicted octanol–water partition coefficient (Wildman–Crippen LogP) is 4.77. The third-order valence-corrected chi connectivity index (χ3v) is 6.23. The number of hydrogen-bond donors (Lipinski definition) is 2. The zero-order valence-corrected chi connectivity index (χ0v) is 18.1. The summed E-state index contributed by atoms with van der Waals surface area (Å²) in [6.07, 6.45) is 0.793. The summed E-state index contributed by atoms with van der Waals surface area (Å²) in [5.74, 6) is -2.24. The minimum absolute atomic E-state index is 0.0419. The molecule has 11 heteroatoms. The lowest BCUT2D eigenvalue weighted by molar-refractivity contribution is -0.146. The standard InChI is InChI=1S/C19H13Cl2NO6S2/c20-11-3-1-9(7-12(11)21)14-5-2-10(28-14)8-15-17(25)22(19(29)30-15)13(18(26)27)4-6-16(23)24/h1-3,5,7-8,13H,4,6H2,(H,23,24)(H,26,27)/b15-8+/t13-/m0/s1. The number of nitrogens with zero attached hydrogens (tertiary/aromatic N) is 1. The number of carbonyl (C=O) groups is 3. The van der Waals surface area contributed by atoms with Gasteiger partial charge in [0.2, 0.25) is 0 Å². The molecular weight excluding hydrogens is 473 g/mol. The minimum Gasteiger partial charge on any atom is -0.481 e. The van der Waals surface area contributed by atoms with E-state index in [0.717, 1.165) is 16.7 Å². The van der Waals surface area contributed by atoms with Crippen molar-refractivity contribution in [2.75, 3.05) is 0 Å². The second kappa shape index (κ2) is 9.22. The van der Waals surface area contributed by atoms with Gasteiger partial charge in [-0.2, -0.15) is 0 Å². The number of benzene rings is 1. The monoisotopic (exact) mass is 485 g/mol. The molecule has 1 saturated heterocycles. The number of carboxylic acid groups (broad SMARTS) is 2. The van der Waals surface area contributed by atoms with Gasteiger partial charge >= 0.3 is 11.9 Å². The Morgan fingerprint density at radius 3 is 2.57 bits per heavy atom. The van der Waals surface area contributed by atoms with E-state index in [9.17, 15) is 19.5 Å². The van der Waals surface area contributed by atoms with E-state index in [1.165, 1.54) is 6.08 Å². The Balaban J connectivity index is 1.83. The van der Waals surface area contributed by atoms with Gasteiger partial charge in [-0.05, 0) is 36.8 Å². The van der Waals surface area contributed by atoms with Crippen LogP contribution in [0.4, 0.5) is 0 Å². The summed E-state index contributed by atoms with van der Waals surface area (Å²) in [6, 6.07) is 6.99. The van der Waals surface area contributed by atoms with Crippen LogP contribution >= 0.6 is 47.2 Å². The molecule has 30 heavy (non-hydrogen) atoms. The third kappa shape index (κ3) is 4.86. The molecule has 1 aliphatic rings. The maximum Gasteiger partial charge on any atom is 0.326 e. The lowest BCUT2D eigenvalue weighted by atomic mass is 10.1. The normalized spacial score (nSPS) is 16.3. The summed E-state index contributed by atoms with van der Waals surface area (Å²) in [6.45, 7) is 0. The molecule has 1 atom stereocenters. The van der Waals surface area contributed by atoms with Crippen molar-refractivity contribution in [1.82, 2.24) is 4.90 Å². The summed E-state index contributed by atoms with van der Waals surface area (Å²) < 4.78 is 5.77. The highest BCUT2D eigenvalue weighted by atomic mass is 35.5. The van der Waals surface area contributed by atoms with Crippen molar-refractivity contribution >= 4 is 75.4 Å². The number of furan rings is 1. The molecule has 1 fully saturated rings. The summed E-state index contributed by atoms with van der Waals surface area (Å²) in [4.78, 5) is 36.2. The van der Waals surface area contributed by atoms with E-state index in [1.54, 1.807) is 30.3 Å². The van der Waals surface area contributed by atoms with E-state index < -0.39 is 30.3 Å². The molecule has 1 aliphatic heterocycles. The van der Waals surface area contributed by atoms with E-state index in [-0.39, 0.29) is 15.6 Å². The first-order valence-electron chi connectivity index (χ1n) is 8.44. The van der Waals surface area contributed by atoms with Gasteiger partial charge in [0.25, 0.3) is 5.91 Å². The van der Waals surface area contributed by atoms with Crippen molar-refractivity contribution in [2.45, 2.75) is 18.9 Å². The Labute approximate surface area is 190 Å². The molecule has 2 aromatic rings. The van der Waals surface area contributed by atoms with Crippen LogP contribution in [0.2, 0.25) is 10.0 Å². The third-order valence-electron chi connectivity index (χ3n) is 4.16. The molecule has 0 saturated carbocycles. The number of carboxylic acids is 2. The largest absolute Gasteiger partial charge is 0.481 e. The van der Waals surface area contributed by atoms with E-state index in [2.05, 4.69) is 0 Å². The number of aliphatic carboxylic acids is 2. The molecule has 156 valence electrons. The van der Waals surface area contributed by atoms with Crippen molar-refractivity contribution in [2.24, 2.45) is 0 Å². The van der Waals surface area contributed by atoms with Crippen molar-refractivity contribution in [3.8, 4) is 11.3 Å². The van der Waals surface area contributed by atoms with Crippen LogP contribution in [0.3, 0.4) is 0 Å². The maximum atomic E-state index is 12.7. The van der Waals surface area contributed by atoms with E-state index >= 15 is 0 Å². The molecule has 3 rings (SSSR count). The highest BCUT2D eigenvalue weighted by molar-refractivity contribution is 8.26. The van der Waals surface area contributed by atoms with Crippen LogP contribution in [-0.2, 0) is 14.4 Å². The van der Waals surface area contributed by atoms with Crippen molar-refractivity contribution in [3.63, 3.8) is 0 Å². The molecule has 1 aromatic heterocycles. The summed E-state index contributed by atoms with van der Waals surface area (Å²) >= 11 is 18.0. The molecule has 7 nitrogen and oxygen atoms in total. The Morgan fingerprint density at radius 2 is 1.93 bits per heavy atom. The average molecular weight is 486 g/mol. The van der Waals surface area contributed by atoms with Crippen LogP contribution < -0.4 is 0 Å². The van der Waals surface area contributed by atoms with Crippen LogP contribution in [0, 0.1) is 0 Å². The number of halogens is 2. The Morgan fingerprint density at radius 1 is 1.20 bits per heavy atom. The molecule has 0 aliphatic carbocycles. The van der Waals surface area contributed by atoms with Crippen LogP contribution in [-0.4, -0.2) is 43.3 Å². The van der Waals surface area contributed by atoms with Crippen LogP contribution in [0.1, 0.15) is 18.6 Å². The smallest absolute Gasteiger partial charge is 0.326 e. The highest BCUT2D eigenvalue weighted by Crippen LogP contribution is 2.36. The van der Waals surface area contributed by atoms with Gasteiger partial charge in [-0.15, -0.1) is 0 Å². The van der Waals surface area contributed by atoms with Gasteiger partial charge < -0.3 is 14.6 Å². The first-order chi connectivity index (χ1) is 14.2. The van der Waals surface area contributed by atoms with E-state index in [1.807, 2.05) is 0 Å². The fourth-order valence-corrected chi connectivity index (χ4v) is 4.37. The topological polar surface area (TPSA) is 108 Å². The first kappa shape index (κ1) is 22.4. The van der Waals surface area contributed by atoms with Gasteiger partial charge in [-0.1, -0.05) is 47.2 Å². The summed E-state index contributed by atoms with van der Waals surface area (Å²) in [5, 5.41) is 19.0. The van der Waals surface area contributed by atoms with Gasteiger partial charge in [-0.25, -0.2) is 4.79 Å². The second-order valence-electron chi connectivity index (χ2n) is 6.17. The summed E-state index contributed by atoms with van der Waals surface area (Å²) in [5.41, 5.74) is 0.691. The van der Waals surface area contributed by atoms with E-state index in [4.69, 9.17) is 44.9 Å². The maximum absolute atomic E-state index is 12.7. The Kier molecular flexibility index (Phi) is 6.87. The lowest BCUT2D eigenvalue weighted by Gasteiger charge is -2.22. The Hall–Kier alpha value is -2.33. The molecule has 1 amide bonds. The van der Waals surface area contributed by atoms with Gasteiger partial charge in [0.15, 0.2) is 0 Å². The van der Waals surface area contributed by atoms with Crippen molar-refractivity contribution in [3.05, 3.63) is 51.0 Å². The highest BCUT2D eigenvalue weighted by Gasteiger charge is 2.40. The second-order valence-corrected chi connectivity index (χ2v) is 8.66. The first-order valence-corrected chi connectivity index (χ1v) is 10.4. The number of thiocarbonyl (C=S) groups is 1. The van der Waals surface area contributed by atoms with Crippen LogP contribution in [0.5, 0.6) is 0 Å². The quantitative estimate of drug-likeness (QED) is 0.426. The number of rotatable bonds is 7. The minimum atomic E-state index is -1.36. The summed E-state index contributed by atoms with van der Waals surface area (Å²) in [7, 11) is 0. The SMILES string of the molecule is O=C(O)CC[C@@H](C(=O)O)N1C(=O)/C(=C\c2ccc(-c3ccc(Cl)c(Cl)c3)o2)SC1=S. The number of amides is 1. The molecule has 0 bridgehead atoms. The van der Waals surface area contributed by atoms with Crippen LogP contribution in [0.25, 0.3) is 17.4 Å². The van der Waals surface area contributed by atoms with Gasteiger partial charge in [0.1, 0.15) is 21.9 Å². The van der Waals surface area contributed by atoms with Gasteiger partial charge in [0, 0.05) is 18.1 Å². The molecule has 0 radical (unpaired) electrons. The molecule has 0 unspecified atom stereocenters. The molecule has 0 spiro atoms. The molecule has 1 aromatic carbocycles. The number of thioether (sulfide) groups is 1. The van der Waals surface area contributed by atoms with E-state index in [0.29, 0.717) is 27.1 Å². The molecule has 2 heterocycles. The lowest BCUT2D eigenvalue weighted by Crippen LogP contribution is -2.44. The molecular formula is C19H13Cl2NO6S2. The van der Waals surface area contributed by atoms with Crippen molar-refractivity contribution < 1.29 is 29.0 Å². The zero-order valence-electron chi connectivity index (χ0n) is 15.0. The van der Waals surface area contributed by atoms with Crippen molar-refractivity contribution in [1.29, 1.82) is 0 Å². The molecule has 2 N–H and O–H groups in total. The zero-order chi connectivity index (χ0) is 22.0. The average Bonchev–Trinajstić information content (AvgIpc) is 3.24. The Bertz CT molecular complexity index is 1080. The van der Waals surface area contributed by atoms with Gasteiger partial charge in [-0.3, -0.25) is 14.5 Å². The fourth-order valence-electron chi connectivity index (χ4n) is 2.74. The number of hydrogen-bond acceptors (Lipinski definition) is 6.